The average Bonchev–Trinajstić information content (AvgIpc) is 2.68. The Morgan fingerprint density at radius 3 is 1.89 bits per heavy atom. The largest absolute Gasteiger partial charge is 0.380 e. The van der Waals surface area contributed by atoms with Gasteiger partial charge in [0, 0.05) is 5.56 Å². The lowest BCUT2D eigenvalue weighted by molar-refractivity contribution is 0.0746. The number of carbonyl (C=O) groups excluding carboxylic acids is 1. The van der Waals surface area contributed by atoms with E-state index < -0.39 is 16.2 Å². The molecular formula is C22H22O5S. The molecule has 0 aliphatic rings. The van der Waals surface area contributed by atoms with E-state index in [9.17, 15) is 18.3 Å². The molecule has 0 aliphatic carbocycles. The normalized spacial score (nSPS) is 11.9. The average molecular weight is 398 g/mol. The van der Waals surface area contributed by atoms with Crippen molar-refractivity contribution < 1.29 is 22.9 Å². The van der Waals surface area contributed by atoms with Crippen molar-refractivity contribution in [2.24, 2.45) is 0 Å². The maximum Gasteiger partial charge on any atom is 0.294 e. The Labute approximate surface area is 165 Å². The molecule has 1 unspecified atom stereocenters. The number of aliphatic hydroxyl groups excluding tert-OH is 1. The van der Waals surface area contributed by atoms with Crippen LogP contribution in [0.3, 0.4) is 0 Å². The first kappa shape index (κ1) is 21.5. The van der Waals surface area contributed by atoms with E-state index in [1.807, 2.05) is 38.1 Å². The molecule has 0 radical (unpaired) electrons. The van der Waals surface area contributed by atoms with Crippen LogP contribution in [0.5, 0.6) is 0 Å². The minimum Gasteiger partial charge on any atom is -0.380 e. The summed E-state index contributed by atoms with van der Waals surface area (Å²) in [6.45, 7) is 3.73. The molecule has 1 atom stereocenters. The van der Waals surface area contributed by atoms with E-state index in [0.29, 0.717) is 11.1 Å². The molecule has 0 bridgehead atoms. The molecule has 0 saturated carbocycles. The minimum atomic E-state index is -4.02. The van der Waals surface area contributed by atoms with Crippen LogP contribution in [0.4, 0.5) is 0 Å². The quantitative estimate of drug-likeness (QED) is 0.509. The predicted molar refractivity (Wildman–Crippen MR) is 108 cm³/mol. The molecule has 2 N–H and O–H groups in total. The first-order valence-electron chi connectivity index (χ1n) is 8.57. The van der Waals surface area contributed by atoms with Gasteiger partial charge >= 0.3 is 0 Å². The summed E-state index contributed by atoms with van der Waals surface area (Å²) in [4.78, 5) is 12.0. The number of aliphatic hydroxyl groups is 1. The van der Waals surface area contributed by atoms with Crippen LogP contribution in [0.15, 0.2) is 83.8 Å². The zero-order valence-corrected chi connectivity index (χ0v) is 16.4. The van der Waals surface area contributed by atoms with Crippen molar-refractivity contribution in [3.05, 3.63) is 101 Å². The molecule has 0 amide bonds. The molecule has 6 heteroatoms. The van der Waals surface area contributed by atoms with Crippen molar-refractivity contribution in [1.29, 1.82) is 0 Å². The molecule has 146 valence electrons. The van der Waals surface area contributed by atoms with Gasteiger partial charge in [0.2, 0.25) is 0 Å². The summed E-state index contributed by atoms with van der Waals surface area (Å²) < 4.78 is 29.6. The van der Waals surface area contributed by atoms with Gasteiger partial charge in [-0.05, 0) is 37.1 Å². The molecule has 3 aromatic carbocycles. The number of rotatable bonds is 4. The van der Waals surface area contributed by atoms with E-state index in [0.717, 1.165) is 11.1 Å². The third kappa shape index (κ3) is 5.85. The SMILES string of the molecule is Cc1ccc(S(=O)(=O)O)cc1.Cc1ccccc1C(O)C(=O)c1ccccc1. The van der Waals surface area contributed by atoms with Gasteiger partial charge in [-0.15, -0.1) is 0 Å². The van der Waals surface area contributed by atoms with Gasteiger partial charge in [0.1, 0.15) is 6.10 Å². The molecule has 0 fully saturated rings. The van der Waals surface area contributed by atoms with Crippen LogP contribution in [0.1, 0.15) is 33.2 Å². The topological polar surface area (TPSA) is 91.7 Å². The van der Waals surface area contributed by atoms with Crippen LogP contribution < -0.4 is 0 Å². The van der Waals surface area contributed by atoms with Gasteiger partial charge < -0.3 is 5.11 Å². The van der Waals surface area contributed by atoms with E-state index in [1.54, 1.807) is 42.5 Å². The Hall–Kier alpha value is -2.80. The van der Waals surface area contributed by atoms with Crippen molar-refractivity contribution in [1.82, 2.24) is 0 Å². The number of carbonyl (C=O) groups is 1. The fourth-order valence-corrected chi connectivity index (χ4v) is 2.99. The van der Waals surface area contributed by atoms with Crippen molar-refractivity contribution in [2.45, 2.75) is 24.8 Å². The summed E-state index contributed by atoms with van der Waals surface area (Å²) in [5.74, 6) is -0.264. The number of ketones is 1. The van der Waals surface area contributed by atoms with Gasteiger partial charge in [-0.25, -0.2) is 0 Å². The Balaban J connectivity index is 0.000000221. The lowest BCUT2D eigenvalue weighted by Crippen LogP contribution is -2.13. The Bertz CT molecular complexity index is 1030. The van der Waals surface area contributed by atoms with Crippen molar-refractivity contribution >= 4 is 15.9 Å². The van der Waals surface area contributed by atoms with Gasteiger partial charge in [-0.3, -0.25) is 9.35 Å². The number of aryl methyl sites for hydroxylation is 2. The third-order valence-electron chi connectivity index (χ3n) is 4.11. The van der Waals surface area contributed by atoms with Gasteiger partial charge in [0.05, 0.1) is 4.90 Å². The van der Waals surface area contributed by atoms with Crippen LogP contribution >= 0.6 is 0 Å². The molecule has 0 spiro atoms. The fraction of sp³-hybridized carbons (Fsp3) is 0.136. The van der Waals surface area contributed by atoms with Crippen LogP contribution in [0, 0.1) is 13.8 Å². The molecule has 5 nitrogen and oxygen atoms in total. The lowest BCUT2D eigenvalue weighted by atomic mass is 9.97. The van der Waals surface area contributed by atoms with E-state index >= 15 is 0 Å². The smallest absolute Gasteiger partial charge is 0.294 e. The minimum absolute atomic E-state index is 0.0666. The number of hydrogen-bond acceptors (Lipinski definition) is 4. The predicted octanol–water partition coefficient (Wildman–Crippen LogP) is 4.15. The highest BCUT2D eigenvalue weighted by atomic mass is 32.2. The summed E-state index contributed by atoms with van der Waals surface area (Å²) in [6.07, 6.45) is -1.08. The fourth-order valence-electron chi connectivity index (χ4n) is 2.51. The van der Waals surface area contributed by atoms with Gasteiger partial charge in [-0.2, -0.15) is 8.42 Å². The summed E-state index contributed by atoms with van der Waals surface area (Å²) in [5.41, 5.74) is 3.08. The molecule has 3 aromatic rings. The van der Waals surface area contributed by atoms with Gasteiger partial charge in [-0.1, -0.05) is 72.3 Å². The Morgan fingerprint density at radius 2 is 1.36 bits per heavy atom. The van der Waals surface area contributed by atoms with E-state index in [4.69, 9.17) is 4.55 Å². The number of benzene rings is 3. The van der Waals surface area contributed by atoms with Gasteiger partial charge in [0.15, 0.2) is 5.78 Å². The molecular weight excluding hydrogens is 376 g/mol. The summed E-state index contributed by atoms with van der Waals surface area (Å²) in [7, 11) is -4.02. The Kier molecular flexibility index (Phi) is 7.23. The van der Waals surface area contributed by atoms with Crippen molar-refractivity contribution in [2.75, 3.05) is 0 Å². The summed E-state index contributed by atoms with van der Waals surface area (Å²) in [6, 6.07) is 22.2. The van der Waals surface area contributed by atoms with Crippen LogP contribution in [0.2, 0.25) is 0 Å². The summed E-state index contributed by atoms with van der Waals surface area (Å²) in [5, 5.41) is 10.1. The number of Topliss-reactive ketones (excluding diaryl/α,β-unsaturated/α-hetero) is 1. The maximum absolute atomic E-state index is 12.0. The second-order valence-electron chi connectivity index (χ2n) is 6.28. The molecule has 3 rings (SSSR count). The second kappa shape index (κ2) is 9.41. The molecule has 0 saturated heterocycles. The van der Waals surface area contributed by atoms with E-state index in [1.165, 1.54) is 12.1 Å². The van der Waals surface area contributed by atoms with Crippen LogP contribution in [0.25, 0.3) is 0 Å². The molecule has 0 aliphatic heterocycles. The first-order chi connectivity index (χ1) is 13.2. The van der Waals surface area contributed by atoms with Crippen LogP contribution in [-0.4, -0.2) is 23.9 Å². The Morgan fingerprint density at radius 1 is 0.821 bits per heavy atom. The van der Waals surface area contributed by atoms with E-state index in [-0.39, 0.29) is 10.7 Å². The van der Waals surface area contributed by atoms with Gasteiger partial charge in [0.25, 0.3) is 10.1 Å². The maximum atomic E-state index is 12.0. The van der Waals surface area contributed by atoms with E-state index in [2.05, 4.69) is 0 Å². The highest BCUT2D eigenvalue weighted by Gasteiger charge is 2.19. The lowest BCUT2D eigenvalue weighted by Gasteiger charge is -2.12. The third-order valence-corrected chi connectivity index (χ3v) is 4.98. The molecule has 28 heavy (non-hydrogen) atoms. The molecule has 0 aromatic heterocycles. The van der Waals surface area contributed by atoms with Crippen LogP contribution in [-0.2, 0) is 10.1 Å². The monoisotopic (exact) mass is 398 g/mol. The standard InChI is InChI=1S/C15H14O2.C7H8O3S/c1-11-7-5-6-10-13(11)15(17)14(16)12-8-3-2-4-9-12;1-6-2-4-7(5-3-6)11(8,9)10/h2-10,15,17H,1H3;2-5H,1H3,(H,8,9,10). The zero-order valence-electron chi connectivity index (χ0n) is 15.6. The summed E-state index contributed by atoms with van der Waals surface area (Å²) >= 11 is 0. The second-order valence-corrected chi connectivity index (χ2v) is 7.70. The van der Waals surface area contributed by atoms with Crippen molar-refractivity contribution in [3.8, 4) is 0 Å². The highest BCUT2D eigenvalue weighted by molar-refractivity contribution is 7.85. The number of hydrogen-bond donors (Lipinski definition) is 2. The highest BCUT2D eigenvalue weighted by Crippen LogP contribution is 2.21. The first-order valence-corrected chi connectivity index (χ1v) is 10.0. The zero-order chi connectivity index (χ0) is 20.7. The molecule has 0 heterocycles. The van der Waals surface area contributed by atoms with Crippen molar-refractivity contribution in [3.63, 3.8) is 0 Å².